The molecule has 1 amide bonds. The third kappa shape index (κ3) is 2.96. The molecule has 14 heavy (non-hydrogen) atoms. The van der Waals surface area contributed by atoms with Gasteiger partial charge >= 0.3 is 0 Å². The molecular formula is C10H20N2O2. The molecule has 1 aliphatic rings. The second kappa shape index (κ2) is 4.75. The fourth-order valence-electron chi connectivity index (χ4n) is 1.44. The standard InChI is InChI=1S/C10H20N2O2/c1-8(2)7-12-9(13)10(11)3-5-14-6-4-10/h8H,3-7,11H2,1-2H3,(H,12,13). The van der Waals surface area contributed by atoms with Crippen LogP contribution in [0.4, 0.5) is 0 Å². The number of rotatable bonds is 3. The molecule has 0 saturated carbocycles. The summed E-state index contributed by atoms with van der Waals surface area (Å²) in [5, 5.41) is 2.87. The highest BCUT2D eigenvalue weighted by atomic mass is 16.5. The van der Waals surface area contributed by atoms with Crippen molar-refractivity contribution >= 4 is 5.91 Å². The van der Waals surface area contributed by atoms with E-state index in [1.54, 1.807) is 0 Å². The van der Waals surface area contributed by atoms with Gasteiger partial charge in [-0.25, -0.2) is 0 Å². The number of ether oxygens (including phenoxy) is 1. The molecule has 0 atom stereocenters. The van der Waals surface area contributed by atoms with Gasteiger partial charge in [-0.05, 0) is 18.8 Å². The Kier molecular flexibility index (Phi) is 3.89. The Morgan fingerprint density at radius 1 is 1.50 bits per heavy atom. The minimum Gasteiger partial charge on any atom is -0.381 e. The maximum Gasteiger partial charge on any atom is 0.240 e. The summed E-state index contributed by atoms with van der Waals surface area (Å²) in [4.78, 5) is 11.7. The van der Waals surface area contributed by atoms with Gasteiger partial charge in [0.05, 0.1) is 5.54 Å². The lowest BCUT2D eigenvalue weighted by atomic mass is 9.90. The van der Waals surface area contributed by atoms with Gasteiger partial charge < -0.3 is 15.8 Å². The molecule has 0 bridgehead atoms. The quantitative estimate of drug-likeness (QED) is 0.687. The predicted molar refractivity (Wildman–Crippen MR) is 54.8 cm³/mol. The van der Waals surface area contributed by atoms with E-state index in [4.69, 9.17) is 10.5 Å². The first kappa shape index (κ1) is 11.5. The number of hydrogen-bond donors (Lipinski definition) is 2. The summed E-state index contributed by atoms with van der Waals surface area (Å²) in [7, 11) is 0. The fraction of sp³-hybridized carbons (Fsp3) is 0.900. The van der Waals surface area contributed by atoms with Crippen LogP contribution in [-0.4, -0.2) is 31.2 Å². The molecule has 1 heterocycles. The van der Waals surface area contributed by atoms with Crippen molar-refractivity contribution in [2.24, 2.45) is 11.7 Å². The van der Waals surface area contributed by atoms with Gasteiger partial charge in [0.25, 0.3) is 0 Å². The van der Waals surface area contributed by atoms with Gasteiger partial charge in [-0.15, -0.1) is 0 Å². The van der Waals surface area contributed by atoms with Crippen molar-refractivity contribution in [3.63, 3.8) is 0 Å². The lowest BCUT2D eigenvalue weighted by molar-refractivity contribution is -0.129. The van der Waals surface area contributed by atoms with Crippen LogP contribution < -0.4 is 11.1 Å². The van der Waals surface area contributed by atoms with Crippen LogP contribution in [-0.2, 0) is 9.53 Å². The van der Waals surface area contributed by atoms with Crippen molar-refractivity contribution in [2.45, 2.75) is 32.2 Å². The molecule has 0 radical (unpaired) electrons. The first-order valence-electron chi connectivity index (χ1n) is 5.19. The van der Waals surface area contributed by atoms with Gasteiger partial charge in [0.2, 0.25) is 5.91 Å². The molecule has 0 spiro atoms. The van der Waals surface area contributed by atoms with Gasteiger partial charge in [0, 0.05) is 19.8 Å². The first-order chi connectivity index (χ1) is 6.54. The number of nitrogens with one attached hydrogen (secondary N) is 1. The van der Waals surface area contributed by atoms with Crippen LogP contribution in [0.3, 0.4) is 0 Å². The summed E-state index contributed by atoms with van der Waals surface area (Å²) in [6.45, 7) is 6.00. The Balaban J connectivity index is 2.41. The van der Waals surface area contributed by atoms with Gasteiger partial charge in [0.15, 0.2) is 0 Å². The molecule has 3 N–H and O–H groups in total. The monoisotopic (exact) mass is 200 g/mol. The van der Waals surface area contributed by atoms with E-state index < -0.39 is 5.54 Å². The first-order valence-corrected chi connectivity index (χ1v) is 5.19. The summed E-state index contributed by atoms with van der Waals surface area (Å²) < 4.78 is 5.18. The Labute approximate surface area is 85.2 Å². The average molecular weight is 200 g/mol. The number of carbonyl (C=O) groups excluding carboxylic acids is 1. The number of hydrogen-bond acceptors (Lipinski definition) is 3. The zero-order valence-electron chi connectivity index (χ0n) is 9.01. The van der Waals surface area contributed by atoms with Crippen molar-refractivity contribution in [3.05, 3.63) is 0 Å². The van der Waals surface area contributed by atoms with Gasteiger partial charge in [0.1, 0.15) is 0 Å². The van der Waals surface area contributed by atoms with Crippen LogP contribution >= 0.6 is 0 Å². The van der Waals surface area contributed by atoms with E-state index >= 15 is 0 Å². The Hall–Kier alpha value is -0.610. The molecule has 4 nitrogen and oxygen atoms in total. The maximum absolute atomic E-state index is 11.7. The van der Waals surface area contributed by atoms with Crippen molar-refractivity contribution in [1.29, 1.82) is 0 Å². The Morgan fingerprint density at radius 3 is 2.57 bits per heavy atom. The summed E-state index contributed by atoms with van der Waals surface area (Å²) in [6, 6.07) is 0. The minimum absolute atomic E-state index is 0.0329. The molecule has 4 heteroatoms. The summed E-state index contributed by atoms with van der Waals surface area (Å²) in [5.74, 6) is 0.428. The number of nitrogens with two attached hydrogens (primary N) is 1. The topological polar surface area (TPSA) is 64.4 Å². The molecule has 0 aliphatic carbocycles. The van der Waals surface area contributed by atoms with Crippen LogP contribution in [0.1, 0.15) is 26.7 Å². The predicted octanol–water partition coefficient (Wildman–Crippen LogP) is 0.267. The number of amides is 1. The van der Waals surface area contributed by atoms with Gasteiger partial charge in [-0.2, -0.15) is 0 Å². The van der Waals surface area contributed by atoms with Crippen molar-refractivity contribution in [2.75, 3.05) is 19.8 Å². The normalized spacial score (nSPS) is 20.9. The highest BCUT2D eigenvalue weighted by Crippen LogP contribution is 2.17. The molecule has 0 unspecified atom stereocenters. The van der Waals surface area contributed by atoms with Crippen LogP contribution in [0, 0.1) is 5.92 Å². The third-order valence-corrected chi connectivity index (χ3v) is 2.51. The molecule has 1 rings (SSSR count). The summed E-state index contributed by atoms with van der Waals surface area (Å²) in [5.41, 5.74) is 5.30. The molecule has 1 fully saturated rings. The lowest BCUT2D eigenvalue weighted by Gasteiger charge is -2.32. The third-order valence-electron chi connectivity index (χ3n) is 2.51. The molecular weight excluding hydrogens is 180 g/mol. The smallest absolute Gasteiger partial charge is 0.240 e. The highest BCUT2D eigenvalue weighted by Gasteiger charge is 2.35. The molecule has 0 aromatic rings. The molecule has 1 saturated heterocycles. The van der Waals surface area contributed by atoms with Gasteiger partial charge in [-0.3, -0.25) is 4.79 Å². The van der Waals surface area contributed by atoms with E-state index in [1.165, 1.54) is 0 Å². The zero-order chi connectivity index (χ0) is 10.6. The van der Waals surface area contributed by atoms with Crippen LogP contribution in [0.2, 0.25) is 0 Å². The van der Waals surface area contributed by atoms with E-state index in [0.717, 1.165) is 0 Å². The lowest BCUT2D eigenvalue weighted by Crippen LogP contribution is -2.57. The largest absolute Gasteiger partial charge is 0.381 e. The van der Waals surface area contributed by atoms with Crippen LogP contribution in [0.25, 0.3) is 0 Å². The van der Waals surface area contributed by atoms with Gasteiger partial charge in [-0.1, -0.05) is 13.8 Å². The second-order valence-corrected chi connectivity index (χ2v) is 4.37. The van der Waals surface area contributed by atoms with Crippen LogP contribution in [0.5, 0.6) is 0 Å². The fourth-order valence-corrected chi connectivity index (χ4v) is 1.44. The van der Waals surface area contributed by atoms with E-state index in [1.807, 2.05) is 0 Å². The highest BCUT2D eigenvalue weighted by molar-refractivity contribution is 5.86. The maximum atomic E-state index is 11.7. The molecule has 82 valence electrons. The second-order valence-electron chi connectivity index (χ2n) is 4.37. The Morgan fingerprint density at radius 2 is 2.07 bits per heavy atom. The summed E-state index contributed by atoms with van der Waals surface area (Å²) >= 11 is 0. The van der Waals surface area contributed by atoms with Crippen molar-refractivity contribution in [3.8, 4) is 0 Å². The van der Waals surface area contributed by atoms with Crippen molar-refractivity contribution < 1.29 is 9.53 Å². The SMILES string of the molecule is CC(C)CNC(=O)C1(N)CCOCC1. The number of carbonyl (C=O) groups is 1. The average Bonchev–Trinajstić information content (AvgIpc) is 2.15. The van der Waals surface area contributed by atoms with E-state index in [-0.39, 0.29) is 5.91 Å². The minimum atomic E-state index is -0.701. The molecule has 1 aliphatic heterocycles. The molecule has 0 aromatic carbocycles. The zero-order valence-corrected chi connectivity index (χ0v) is 9.01. The van der Waals surface area contributed by atoms with Crippen LogP contribution in [0.15, 0.2) is 0 Å². The summed E-state index contributed by atoms with van der Waals surface area (Å²) in [6.07, 6.45) is 1.24. The Bertz CT molecular complexity index is 198. The van der Waals surface area contributed by atoms with E-state index in [9.17, 15) is 4.79 Å². The van der Waals surface area contributed by atoms with E-state index in [2.05, 4.69) is 19.2 Å². The van der Waals surface area contributed by atoms with Crippen molar-refractivity contribution in [1.82, 2.24) is 5.32 Å². The molecule has 0 aromatic heterocycles. The van der Waals surface area contributed by atoms with E-state index in [0.29, 0.717) is 38.5 Å².